The zero-order chi connectivity index (χ0) is 31.1. The van der Waals surface area contributed by atoms with Gasteiger partial charge in [0.05, 0.1) is 48.4 Å². The molecule has 1 heterocycles. The molecule has 0 bridgehead atoms. The lowest BCUT2D eigenvalue weighted by Crippen LogP contribution is -2.35. The zero-order valence-electron chi connectivity index (χ0n) is 22.4. The number of ether oxygens (including phenoxy) is 2. The Kier molecular flexibility index (Phi) is 9.95. The number of rotatable bonds is 11. The Balaban J connectivity index is 1.68. The Hall–Kier alpha value is -4.87. The van der Waals surface area contributed by atoms with Gasteiger partial charge in [-0.25, -0.2) is 22.6 Å². The summed E-state index contributed by atoms with van der Waals surface area (Å²) in [4.78, 5) is 27.1. The molecule has 18 heteroatoms. The SMILES string of the molecule is COC(=O)OCON=[N+]([O-])N(C)CCC(=O)NS(=O)(=O)c1ccc(-n2nc(C(F)(F)F)cc2-c2ccc(C)cc2)cc1. The molecule has 1 aromatic heterocycles. The van der Waals surface area contributed by atoms with Crippen LogP contribution in [-0.2, 0) is 35.3 Å². The quantitative estimate of drug-likeness (QED) is 0.0842. The van der Waals surface area contributed by atoms with Gasteiger partial charge in [0.1, 0.15) is 0 Å². The van der Waals surface area contributed by atoms with Gasteiger partial charge < -0.3 is 19.5 Å². The van der Waals surface area contributed by atoms with Crippen LogP contribution in [0.25, 0.3) is 16.9 Å². The average Bonchev–Trinajstić information content (AvgIpc) is 3.40. The van der Waals surface area contributed by atoms with Gasteiger partial charge in [-0.05, 0) is 37.3 Å². The van der Waals surface area contributed by atoms with Crippen molar-refractivity contribution in [3.05, 3.63) is 71.1 Å². The van der Waals surface area contributed by atoms with Crippen LogP contribution in [0.15, 0.2) is 64.8 Å². The number of aromatic nitrogens is 2. The number of nitrogens with zero attached hydrogens (tertiary/aromatic N) is 5. The minimum atomic E-state index is -4.71. The standard InChI is InChI=1S/C24H25F3N6O8S/c1-16-4-6-17(7-5-16)20-14-21(24(25,26)27)28-32(20)18-8-10-19(11-9-18)42(37,38)29-22(34)12-13-31(2)33(36)30-41-15-40-23(35)39-3/h4-11,14H,12-13,15H2,1-3H3,(H,29,34). The van der Waals surface area contributed by atoms with Crippen LogP contribution in [0.1, 0.15) is 17.7 Å². The van der Waals surface area contributed by atoms with Crippen LogP contribution < -0.4 is 4.72 Å². The van der Waals surface area contributed by atoms with E-state index in [2.05, 4.69) is 24.7 Å². The first kappa shape index (κ1) is 31.7. The van der Waals surface area contributed by atoms with E-state index in [1.54, 1.807) is 24.3 Å². The summed E-state index contributed by atoms with van der Waals surface area (Å²) in [6.07, 6.45) is -6.23. The molecule has 0 unspecified atom stereocenters. The maximum absolute atomic E-state index is 13.4. The predicted molar refractivity (Wildman–Crippen MR) is 137 cm³/mol. The third-order valence-electron chi connectivity index (χ3n) is 5.47. The summed E-state index contributed by atoms with van der Waals surface area (Å²) >= 11 is 0. The zero-order valence-corrected chi connectivity index (χ0v) is 23.2. The Morgan fingerprint density at radius 3 is 2.38 bits per heavy atom. The summed E-state index contributed by atoms with van der Waals surface area (Å²) < 4.78 is 77.1. The highest BCUT2D eigenvalue weighted by Gasteiger charge is 2.35. The molecule has 0 fully saturated rings. The van der Waals surface area contributed by atoms with Gasteiger partial charge in [0.15, 0.2) is 5.69 Å². The van der Waals surface area contributed by atoms with Crippen LogP contribution in [0.4, 0.5) is 18.0 Å². The van der Waals surface area contributed by atoms with Gasteiger partial charge in [0, 0.05) is 5.56 Å². The van der Waals surface area contributed by atoms with E-state index in [9.17, 15) is 36.4 Å². The van der Waals surface area contributed by atoms with E-state index in [-0.39, 0.29) is 27.8 Å². The van der Waals surface area contributed by atoms with Gasteiger partial charge in [0.25, 0.3) is 16.8 Å². The molecule has 2 aromatic carbocycles. The van der Waals surface area contributed by atoms with Crippen molar-refractivity contribution in [2.75, 3.05) is 27.5 Å². The molecule has 226 valence electrons. The molecule has 14 nitrogen and oxygen atoms in total. The van der Waals surface area contributed by atoms with Crippen molar-refractivity contribution in [3.8, 4) is 16.9 Å². The number of hydrogen-bond donors (Lipinski definition) is 1. The Morgan fingerprint density at radius 2 is 1.79 bits per heavy atom. The molecule has 0 radical (unpaired) electrons. The number of halogens is 3. The second-order valence-electron chi connectivity index (χ2n) is 8.52. The molecule has 0 saturated carbocycles. The monoisotopic (exact) mass is 614 g/mol. The minimum Gasteiger partial charge on any atom is -0.569 e. The third kappa shape index (κ3) is 8.32. The van der Waals surface area contributed by atoms with Gasteiger partial charge in [0.2, 0.25) is 11.2 Å². The average molecular weight is 615 g/mol. The van der Waals surface area contributed by atoms with Gasteiger partial charge in [-0.1, -0.05) is 29.8 Å². The second kappa shape index (κ2) is 13.2. The molecule has 0 aliphatic rings. The number of sulfonamides is 1. The Labute approximate surface area is 237 Å². The van der Waals surface area contributed by atoms with Crippen molar-refractivity contribution >= 4 is 22.1 Å². The van der Waals surface area contributed by atoms with E-state index in [4.69, 9.17) is 0 Å². The molecular formula is C24H25F3N6O8S. The number of hydrogen-bond acceptors (Lipinski definition) is 10. The first-order valence-electron chi connectivity index (χ1n) is 11.8. The van der Waals surface area contributed by atoms with Crippen LogP contribution in [0.5, 0.6) is 0 Å². The highest BCUT2D eigenvalue weighted by molar-refractivity contribution is 7.90. The topological polar surface area (TPSA) is 167 Å². The molecule has 1 N–H and O–H groups in total. The van der Waals surface area contributed by atoms with Crippen LogP contribution >= 0.6 is 0 Å². The first-order chi connectivity index (χ1) is 19.7. The summed E-state index contributed by atoms with van der Waals surface area (Å²) in [5.74, 6) is -0.960. The molecule has 0 aliphatic heterocycles. The van der Waals surface area contributed by atoms with Crippen LogP contribution in [0, 0.1) is 12.1 Å². The van der Waals surface area contributed by atoms with Gasteiger partial charge in [-0.15, -0.1) is 5.01 Å². The van der Waals surface area contributed by atoms with Crippen molar-refractivity contribution in [1.82, 2.24) is 19.5 Å². The lowest BCUT2D eigenvalue weighted by molar-refractivity contribution is -0.706. The summed E-state index contributed by atoms with van der Waals surface area (Å²) in [6.45, 7) is 0.834. The van der Waals surface area contributed by atoms with E-state index in [1.807, 2.05) is 11.6 Å². The number of aryl methyl sites for hydroxylation is 1. The van der Waals surface area contributed by atoms with Crippen LogP contribution in [0.2, 0.25) is 0 Å². The number of hydrazine groups is 1. The lowest BCUT2D eigenvalue weighted by atomic mass is 10.1. The van der Waals surface area contributed by atoms with Crippen molar-refractivity contribution in [2.24, 2.45) is 5.28 Å². The van der Waals surface area contributed by atoms with Crippen LogP contribution in [-0.4, -0.2) is 67.7 Å². The predicted octanol–water partition coefficient (Wildman–Crippen LogP) is 3.54. The maximum Gasteiger partial charge on any atom is 0.510 e. The van der Waals surface area contributed by atoms with Crippen molar-refractivity contribution in [1.29, 1.82) is 0 Å². The maximum atomic E-state index is 13.4. The van der Waals surface area contributed by atoms with E-state index in [0.29, 0.717) is 5.56 Å². The van der Waals surface area contributed by atoms with Gasteiger partial charge in [-0.2, -0.15) is 18.3 Å². The molecule has 0 aliphatic carbocycles. The number of nitrogens with one attached hydrogen (secondary N) is 1. The fourth-order valence-corrected chi connectivity index (χ4v) is 4.30. The van der Waals surface area contributed by atoms with Crippen molar-refractivity contribution in [2.45, 2.75) is 24.4 Å². The largest absolute Gasteiger partial charge is 0.569 e. The Morgan fingerprint density at radius 1 is 1.14 bits per heavy atom. The molecule has 0 atom stereocenters. The molecule has 3 aromatic rings. The molecule has 42 heavy (non-hydrogen) atoms. The molecule has 0 spiro atoms. The fraction of sp³-hybridized carbons (Fsp3) is 0.292. The first-order valence-corrected chi connectivity index (χ1v) is 13.3. The highest BCUT2D eigenvalue weighted by Crippen LogP contribution is 2.33. The van der Waals surface area contributed by atoms with E-state index >= 15 is 0 Å². The van der Waals surface area contributed by atoms with Gasteiger partial charge >= 0.3 is 12.3 Å². The fourth-order valence-electron chi connectivity index (χ4n) is 3.29. The number of amides is 1. The number of alkyl halides is 3. The number of carbonyl (C=O) groups is 2. The number of methoxy groups -OCH3 is 1. The summed E-state index contributed by atoms with van der Waals surface area (Å²) in [6, 6.07) is 12.4. The van der Waals surface area contributed by atoms with Crippen molar-refractivity contribution in [3.63, 3.8) is 0 Å². The van der Waals surface area contributed by atoms with Crippen molar-refractivity contribution < 1.29 is 50.5 Å². The summed E-state index contributed by atoms with van der Waals surface area (Å²) in [5, 5.41) is 19.4. The second-order valence-corrected chi connectivity index (χ2v) is 10.2. The normalized spacial score (nSPS) is 12.0. The summed E-state index contributed by atoms with van der Waals surface area (Å²) in [7, 11) is -2.08. The molecular weight excluding hydrogens is 589 g/mol. The number of benzene rings is 2. The summed E-state index contributed by atoms with van der Waals surface area (Å²) in [5.41, 5.74) is 0.518. The molecule has 3 rings (SSSR count). The van der Waals surface area contributed by atoms with Gasteiger partial charge in [-0.3, -0.25) is 4.79 Å². The van der Waals surface area contributed by atoms with Crippen LogP contribution in [0.3, 0.4) is 0 Å². The van der Waals surface area contributed by atoms with E-state index in [1.165, 1.54) is 19.2 Å². The molecule has 0 saturated heterocycles. The minimum absolute atomic E-state index is 0.0640. The smallest absolute Gasteiger partial charge is 0.510 e. The molecule has 1 amide bonds. The third-order valence-corrected chi connectivity index (χ3v) is 6.85. The number of carbonyl (C=O) groups excluding carboxylic acids is 2. The Bertz CT molecular complexity index is 1540. The lowest BCUT2D eigenvalue weighted by Gasteiger charge is -2.13. The highest BCUT2D eigenvalue weighted by atomic mass is 32.2. The van der Waals surface area contributed by atoms with E-state index in [0.717, 1.165) is 40.6 Å². The van der Waals surface area contributed by atoms with E-state index < -0.39 is 47.2 Å².